The highest BCUT2D eigenvalue weighted by Gasteiger charge is 2.17. The second-order valence-electron chi connectivity index (χ2n) is 3.59. The van der Waals surface area contributed by atoms with Crippen LogP contribution in [0.3, 0.4) is 0 Å². The molecule has 0 radical (unpaired) electrons. The van der Waals surface area contributed by atoms with Crippen molar-refractivity contribution in [3.63, 3.8) is 0 Å². The predicted octanol–water partition coefficient (Wildman–Crippen LogP) is 4.95. The van der Waals surface area contributed by atoms with Gasteiger partial charge in [-0.25, -0.2) is 0 Å². The molecule has 1 aliphatic rings. The molecule has 2 aromatic carbocycles. The third kappa shape index (κ3) is 6.39. The van der Waals surface area contributed by atoms with E-state index in [2.05, 4.69) is 10.2 Å². The minimum absolute atomic E-state index is 0.248. The lowest BCUT2D eigenvalue weighted by Gasteiger charge is -1.99. The molecule has 0 aliphatic carbocycles. The third-order valence-corrected chi connectivity index (χ3v) is 2.21. The number of benzene rings is 2. The second kappa shape index (κ2) is 11.3. The number of hydrogen-bond acceptors (Lipinski definition) is 4. The van der Waals surface area contributed by atoms with Gasteiger partial charge in [0.15, 0.2) is 23.0 Å². The van der Waals surface area contributed by atoms with Crippen molar-refractivity contribution >= 4 is 0 Å². The average Bonchev–Trinajstić information content (AvgIpc) is 2.99. The van der Waals surface area contributed by atoms with Gasteiger partial charge in [-0.15, -0.1) is 0 Å². The van der Waals surface area contributed by atoms with E-state index in [9.17, 15) is 0 Å². The Balaban J connectivity index is 0.000000387. The minimum atomic E-state index is -1.25. The Labute approximate surface area is 137 Å². The van der Waals surface area contributed by atoms with Gasteiger partial charge in [0, 0.05) is 6.92 Å². The maximum atomic E-state index is 7.43. The van der Waals surface area contributed by atoms with Crippen LogP contribution in [0.2, 0.25) is 0 Å². The number of aromatic hydroxyl groups is 2. The van der Waals surface area contributed by atoms with Crippen LogP contribution in [0.4, 0.5) is 0 Å². The largest absolute Gasteiger partial charge is 0.504 e. The van der Waals surface area contributed by atoms with Crippen LogP contribution in [0, 0.1) is 0 Å². The number of ether oxygens (including phenoxy) is 2. The van der Waals surface area contributed by atoms with Gasteiger partial charge < -0.3 is 19.7 Å². The summed E-state index contributed by atoms with van der Waals surface area (Å²) in [5.74, 6) is 1.78. The van der Waals surface area contributed by atoms with Crippen LogP contribution in [0.1, 0.15) is 36.0 Å². The normalized spacial score (nSPS) is 14.0. The van der Waals surface area contributed by atoms with Gasteiger partial charge in [-0.1, -0.05) is 52.0 Å². The van der Waals surface area contributed by atoms with Crippen molar-refractivity contribution < 1.29 is 21.1 Å². The van der Waals surface area contributed by atoms with Gasteiger partial charge in [0.1, 0.15) is 1.37 Å². The summed E-state index contributed by atoms with van der Waals surface area (Å²) in [6, 6.07) is 13.8. The number of hydrogen-bond donors (Lipinski definition) is 2. The minimum Gasteiger partial charge on any atom is -0.504 e. The molecule has 0 saturated carbocycles. The highest BCUT2D eigenvalue weighted by molar-refractivity contribution is 5.41. The highest BCUT2D eigenvalue weighted by atomic mass is 16.7. The highest BCUT2D eigenvalue weighted by Crippen LogP contribution is 2.33. The average molecular weight is 309 g/mol. The lowest BCUT2D eigenvalue weighted by Crippen LogP contribution is -2.11. The Kier molecular flexibility index (Phi) is 7.50. The zero-order valence-corrected chi connectivity index (χ0v) is 13.8. The first kappa shape index (κ1) is 14.6. The maximum absolute atomic E-state index is 7.43. The van der Waals surface area contributed by atoms with Gasteiger partial charge in [0.05, 0.1) is 0 Å². The van der Waals surface area contributed by atoms with E-state index >= 15 is 0 Å². The van der Waals surface area contributed by atoms with E-state index < -0.39 is 6.27 Å². The number of phenolic OH excluding ortho intramolecular Hbond substituents is 2. The van der Waals surface area contributed by atoms with Gasteiger partial charge in [-0.2, -0.15) is 0 Å². The van der Waals surface area contributed by atoms with E-state index in [-0.39, 0.29) is 11.5 Å². The molecule has 0 amide bonds. The molecular weight excluding hydrogens is 280 g/mol. The van der Waals surface area contributed by atoms with Crippen molar-refractivity contribution in [2.75, 3.05) is 0 Å². The standard InChI is InChI=1S/C8H8O2.C6H6O2.2C2H6/c1-6-9-7-4-2-3-5-8(7)10-6;7-5-3-1-2-4-6(5)8;2*1-2/h2-6H,1H3;1-4,7-8H;2*1-2H3/i6D;;;/hD2. The molecule has 2 N–H and O–H groups in total. The Bertz CT molecular complexity index is 556. The third-order valence-electron chi connectivity index (χ3n) is 2.21. The zero-order valence-electron chi connectivity index (χ0n) is 16.8. The number of fused-ring (bicyclic) bond motifs is 1. The summed E-state index contributed by atoms with van der Waals surface area (Å²) in [5.41, 5.74) is 0. The smallest absolute Gasteiger partial charge is 0.293 e. The van der Waals surface area contributed by atoms with E-state index in [0.717, 1.165) is 0 Å². The summed E-state index contributed by atoms with van der Waals surface area (Å²) in [6.45, 7) is 9.56. The van der Waals surface area contributed by atoms with Crippen LogP contribution >= 0.6 is 0 Å². The summed E-state index contributed by atoms with van der Waals surface area (Å²) >= 11 is 0. The first-order valence-corrected chi connectivity index (χ1v) is 7.38. The van der Waals surface area contributed by atoms with Crippen molar-refractivity contribution in [1.82, 2.24) is 0 Å². The lowest BCUT2D eigenvalue weighted by molar-refractivity contribution is 0.0678. The van der Waals surface area contributed by atoms with E-state index in [0.29, 0.717) is 11.5 Å². The Morgan fingerprint density at radius 2 is 1.18 bits per heavy atom. The summed E-state index contributed by atoms with van der Waals surface area (Å²) in [5, 5.41) is 8.28. The molecule has 0 aromatic heterocycles. The van der Waals surface area contributed by atoms with Crippen molar-refractivity contribution in [1.29, 1.82) is 2.86 Å². The summed E-state index contributed by atoms with van der Waals surface area (Å²) < 4.78 is 30.8. The van der Waals surface area contributed by atoms with Gasteiger partial charge in [0.2, 0.25) is 6.27 Å². The fraction of sp³-hybridized carbons (Fsp3) is 0.333. The summed E-state index contributed by atoms with van der Waals surface area (Å²) in [7, 11) is 0. The maximum Gasteiger partial charge on any atom is 0.293 e. The van der Waals surface area contributed by atoms with E-state index in [1.54, 1.807) is 43.3 Å². The molecule has 4 nitrogen and oxygen atoms in total. The molecule has 0 spiro atoms. The van der Waals surface area contributed by atoms with Crippen LogP contribution in [0.25, 0.3) is 0 Å². The van der Waals surface area contributed by atoms with Crippen molar-refractivity contribution in [2.45, 2.75) is 40.9 Å². The van der Waals surface area contributed by atoms with Gasteiger partial charge in [-0.3, -0.25) is 0 Å². The molecule has 0 atom stereocenters. The van der Waals surface area contributed by atoms with Crippen molar-refractivity contribution in [3.05, 3.63) is 48.5 Å². The number of para-hydroxylation sites is 4. The zero-order chi connectivity index (χ0) is 19.3. The molecule has 2 aromatic rings. The van der Waals surface area contributed by atoms with Crippen LogP contribution in [0.15, 0.2) is 48.5 Å². The topological polar surface area (TPSA) is 58.9 Å². The molecule has 3 rings (SSSR count). The Morgan fingerprint density at radius 1 is 0.818 bits per heavy atom. The fourth-order valence-corrected chi connectivity index (χ4v) is 1.40. The van der Waals surface area contributed by atoms with E-state index in [4.69, 9.17) is 13.7 Å². The lowest BCUT2D eigenvalue weighted by atomic mass is 10.3. The quantitative estimate of drug-likeness (QED) is 0.770. The number of phenols is 2. The molecule has 0 bridgehead atoms. The monoisotopic (exact) mass is 309 g/mol. The molecule has 22 heavy (non-hydrogen) atoms. The summed E-state index contributed by atoms with van der Waals surface area (Å²) in [6.07, 6.45) is -1.25. The van der Waals surface area contributed by atoms with Gasteiger partial charge in [-0.05, 0) is 24.3 Å². The van der Waals surface area contributed by atoms with Gasteiger partial charge in [0.25, 0.3) is 2.86 Å². The molecule has 4 heteroatoms. The molecule has 1 heterocycles. The SMILES string of the molecule is CC.CC.[2H]C1(C)Oc2ccccc2O1.[2H]Oc1ccccc1O[2H]. The fourth-order valence-electron chi connectivity index (χ4n) is 1.40. The Morgan fingerprint density at radius 3 is 1.55 bits per heavy atom. The van der Waals surface area contributed by atoms with E-state index in [1.165, 1.54) is 0 Å². The molecule has 0 unspecified atom stereocenters. The molecule has 0 fully saturated rings. The van der Waals surface area contributed by atoms with Crippen LogP contribution in [-0.4, -0.2) is 19.3 Å². The summed E-state index contributed by atoms with van der Waals surface area (Å²) in [4.78, 5) is 0. The van der Waals surface area contributed by atoms with Crippen LogP contribution in [0.5, 0.6) is 23.0 Å². The van der Waals surface area contributed by atoms with Crippen molar-refractivity contribution in [2.24, 2.45) is 0 Å². The molecule has 122 valence electrons. The van der Waals surface area contributed by atoms with Crippen LogP contribution < -0.4 is 9.47 Å². The van der Waals surface area contributed by atoms with Crippen molar-refractivity contribution in [3.8, 4) is 23.0 Å². The van der Waals surface area contributed by atoms with E-state index in [1.807, 2.05) is 39.8 Å². The molecule has 1 aliphatic heterocycles. The second-order valence-corrected chi connectivity index (χ2v) is 3.59. The molecular formula is C18H26O4. The first-order valence-electron chi connectivity index (χ1n) is 8.70. The Hall–Kier alpha value is -2.36. The van der Waals surface area contributed by atoms with Gasteiger partial charge >= 0.3 is 0 Å². The van der Waals surface area contributed by atoms with Crippen LogP contribution in [-0.2, 0) is 0 Å². The number of rotatable bonds is 2. The molecule has 0 saturated heterocycles. The predicted molar refractivity (Wildman–Crippen MR) is 89.6 cm³/mol. The first-order chi connectivity index (χ1) is 12.1.